The van der Waals surface area contributed by atoms with Crippen LogP contribution in [0, 0.1) is 6.92 Å². The molecule has 152 valence electrons. The highest BCUT2D eigenvalue weighted by molar-refractivity contribution is 6.05. The third-order valence-corrected chi connectivity index (χ3v) is 5.71. The minimum Gasteiger partial charge on any atom is -0.494 e. The Morgan fingerprint density at radius 1 is 0.828 bits per heavy atom. The summed E-state index contributed by atoms with van der Waals surface area (Å²) in [5.41, 5.74) is 3.89. The van der Waals surface area contributed by atoms with Crippen molar-refractivity contribution in [3.63, 3.8) is 0 Å². The lowest BCUT2D eigenvalue weighted by molar-refractivity contribution is 0.350. The van der Waals surface area contributed by atoms with E-state index in [1.54, 1.807) is 21.3 Å². The largest absolute Gasteiger partial charge is 0.494 e. The van der Waals surface area contributed by atoms with E-state index in [4.69, 9.17) is 19.2 Å². The van der Waals surface area contributed by atoms with Gasteiger partial charge in [0.15, 0.2) is 17.2 Å². The molecule has 0 saturated carbocycles. The standard InChI is InChI=1S/C24H28N2O3/c1-16-22(27-2)21-20(24(29-4)23(16)28-3)18(17-11-7-5-8-12-17)15-19(25-21)26-13-9-6-10-14-26/h5,7-8,11-12,15H,6,9-10,13-14H2,1-4H3. The molecule has 1 aliphatic heterocycles. The Morgan fingerprint density at radius 3 is 2.10 bits per heavy atom. The first kappa shape index (κ1) is 19.4. The van der Waals surface area contributed by atoms with E-state index in [1.807, 2.05) is 13.0 Å². The second-order valence-electron chi connectivity index (χ2n) is 7.39. The summed E-state index contributed by atoms with van der Waals surface area (Å²) in [5.74, 6) is 3.09. The van der Waals surface area contributed by atoms with E-state index in [-0.39, 0.29) is 0 Å². The van der Waals surface area contributed by atoms with Crippen LogP contribution in [-0.4, -0.2) is 39.4 Å². The summed E-state index contributed by atoms with van der Waals surface area (Å²) < 4.78 is 17.4. The Morgan fingerprint density at radius 2 is 1.48 bits per heavy atom. The van der Waals surface area contributed by atoms with Gasteiger partial charge in [0.25, 0.3) is 0 Å². The molecule has 0 radical (unpaired) electrons. The molecule has 0 aliphatic carbocycles. The average molecular weight is 392 g/mol. The molecule has 5 heteroatoms. The number of piperidine rings is 1. The molecule has 1 aromatic heterocycles. The summed E-state index contributed by atoms with van der Waals surface area (Å²) >= 11 is 0. The van der Waals surface area contributed by atoms with Crippen LogP contribution in [0.5, 0.6) is 17.2 Å². The highest BCUT2D eigenvalue weighted by Gasteiger charge is 2.25. The molecule has 0 spiro atoms. The predicted octanol–water partition coefficient (Wildman–Crippen LogP) is 5.23. The Kier molecular flexibility index (Phi) is 5.47. The Bertz CT molecular complexity index is 1010. The van der Waals surface area contributed by atoms with Crippen LogP contribution >= 0.6 is 0 Å². The lowest BCUT2D eigenvalue weighted by Gasteiger charge is -2.29. The van der Waals surface area contributed by atoms with Crippen molar-refractivity contribution in [3.8, 4) is 28.4 Å². The molecular weight excluding hydrogens is 364 g/mol. The van der Waals surface area contributed by atoms with E-state index in [1.165, 1.54) is 19.3 Å². The van der Waals surface area contributed by atoms with Crippen molar-refractivity contribution in [2.24, 2.45) is 0 Å². The molecule has 1 fully saturated rings. The van der Waals surface area contributed by atoms with Crippen LogP contribution in [0.4, 0.5) is 5.82 Å². The highest BCUT2D eigenvalue weighted by Crippen LogP contribution is 2.49. The molecule has 2 heterocycles. The Balaban J connectivity index is 2.10. The molecule has 0 bridgehead atoms. The van der Waals surface area contributed by atoms with Gasteiger partial charge >= 0.3 is 0 Å². The SMILES string of the molecule is COc1c(C)c(OC)c2nc(N3CCCCC3)cc(-c3ccccc3)c2c1OC. The second kappa shape index (κ2) is 8.19. The van der Waals surface area contributed by atoms with Crippen LogP contribution < -0.4 is 19.1 Å². The van der Waals surface area contributed by atoms with E-state index >= 15 is 0 Å². The molecule has 0 atom stereocenters. The Hall–Kier alpha value is -2.95. The molecule has 3 aromatic rings. The predicted molar refractivity (Wildman–Crippen MR) is 118 cm³/mol. The molecule has 1 saturated heterocycles. The van der Waals surface area contributed by atoms with Gasteiger partial charge in [0.05, 0.1) is 26.7 Å². The zero-order chi connectivity index (χ0) is 20.4. The molecule has 0 amide bonds. The Labute approximate surface area is 172 Å². The van der Waals surface area contributed by atoms with Gasteiger partial charge in [0.1, 0.15) is 11.3 Å². The molecular formula is C24H28N2O3. The number of anilines is 1. The first-order chi connectivity index (χ1) is 14.2. The highest BCUT2D eigenvalue weighted by atomic mass is 16.5. The minimum absolute atomic E-state index is 0.682. The average Bonchev–Trinajstić information content (AvgIpc) is 2.78. The van der Waals surface area contributed by atoms with Gasteiger partial charge in [-0.05, 0) is 43.4 Å². The van der Waals surface area contributed by atoms with Gasteiger partial charge in [0.2, 0.25) is 0 Å². The van der Waals surface area contributed by atoms with Crippen LogP contribution in [0.15, 0.2) is 36.4 Å². The fraction of sp³-hybridized carbons (Fsp3) is 0.375. The van der Waals surface area contributed by atoms with Crippen LogP contribution in [-0.2, 0) is 0 Å². The summed E-state index contributed by atoms with van der Waals surface area (Å²) in [7, 11) is 5.02. The van der Waals surface area contributed by atoms with E-state index in [0.717, 1.165) is 52.3 Å². The molecule has 0 unspecified atom stereocenters. The normalized spacial score (nSPS) is 14.1. The number of fused-ring (bicyclic) bond motifs is 1. The van der Waals surface area contributed by atoms with E-state index in [2.05, 4.69) is 35.2 Å². The van der Waals surface area contributed by atoms with Gasteiger partial charge in [-0.1, -0.05) is 30.3 Å². The minimum atomic E-state index is 0.682. The van der Waals surface area contributed by atoms with Crippen molar-refractivity contribution in [1.29, 1.82) is 0 Å². The quantitative estimate of drug-likeness (QED) is 0.595. The third kappa shape index (κ3) is 3.35. The van der Waals surface area contributed by atoms with Crippen molar-refractivity contribution in [2.45, 2.75) is 26.2 Å². The number of pyridine rings is 1. The van der Waals surface area contributed by atoms with Crippen LogP contribution in [0.3, 0.4) is 0 Å². The molecule has 2 aromatic carbocycles. The summed E-state index contributed by atoms with van der Waals surface area (Å²) in [6, 6.07) is 12.6. The van der Waals surface area contributed by atoms with Gasteiger partial charge in [0, 0.05) is 18.7 Å². The molecule has 29 heavy (non-hydrogen) atoms. The lowest BCUT2D eigenvalue weighted by Crippen LogP contribution is -2.30. The van der Waals surface area contributed by atoms with Gasteiger partial charge in [-0.2, -0.15) is 0 Å². The fourth-order valence-electron chi connectivity index (χ4n) is 4.31. The third-order valence-electron chi connectivity index (χ3n) is 5.71. The maximum atomic E-state index is 5.84. The van der Waals surface area contributed by atoms with Gasteiger partial charge in [-0.3, -0.25) is 0 Å². The molecule has 0 N–H and O–H groups in total. The number of benzene rings is 2. The first-order valence-corrected chi connectivity index (χ1v) is 10.1. The number of aromatic nitrogens is 1. The van der Waals surface area contributed by atoms with Crippen molar-refractivity contribution < 1.29 is 14.2 Å². The lowest BCUT2D eigenvalue weighted by atomic mass is 9.97. The number of nitrogens with zero attached hydrogens (tertiary/aromatic N) is 2. The van der Waals surface area contributed by atoms with Gasteiger partial charge in [-0.25, -0.2) is 4.98 Å². The molecule has 4 rings (SSSR count). The smallest absolute Gasteiger partial charge is 0.171 e. The topological polar surface area (TPSA) is 43.8 Å². The van der Waals surface area contributed by atoms with Crippen molar-refractivity contribution in [1.82, 2.24) is 4.98 Å². The van der Waals surface area contributed by atoms with Crippen molar-refractivity contribution >= 4 is 16.7 Å². The van der Waals surface area contributed by atoms with Gasteiger partial charge in [-0.15, -0.1) is 0 Å². The maximum Gasteiger partial charge on any atom is 0.171 e. The number of methoxy groups -OCH3 is 3. The summed E-state index contributed by atoms with van der Waals surface area (Å²) in [4.78, 5) is 7.44. The summed E-state index contributed by atoms with van der Waals surface area (Å²) in [5, 5.41) is 0.916. The van der Waals surface area contributed by atoms with Crippen molar-refractivity contribution in [2.75, 3.05) is 39.3 Å². The zero-order valence-corrected chi connectivity index (χ0v) is 17.6. The van der Waals surface area contributed by atoms with Gasteiger partial charge < -0.3 is 19.1 Å². The number of hydrogen-bond acceptors (Lipinski definition) is 5. The van der Waals surface area contributed by atoms with Crippen LogP contribution in [0.2, 0.25) is 0 Å². The second-order valence-corrected chi connectivity index (χ2v) is 7.39. The maximum absolute atomic E-state index is 5.84. The van der Waals surface area contributed by atoms with E-state index in [0.29, 0.717) is 11.5 Å². The summed E-state index contributed by atoms with van der Waals surface area (Å²) in [6.45, 7) is 4.04. The number of hydrogen-bond donors (Lipinski definition) is 0. The molecule has 1 aliphatic rings. The summed E-state index contributed by atoms with van der Waals surface area (Å²) in [6.07, 6.45) is 3.67. The van der Waals surface area contributed by atoms with Crippen LogP contribution in [0.1, 0.15) is 24.8 Å². The number of rotatable bonds is 5. The van der Waals surface area contributed by atoms with Crippen LogP contribution in [0.25, 0.3) is 22.0 Å². The monoisotopic (exact) mass is 392 g/mol. The van der Waals surface area contributed by atoms with Crippen molar-refractivity contribution in [3.05, 3.63) is 42.0 Å². The number of ether oxygens (including phenoxy) is 3. The fourth-order valence-corrected chi connectivity index (χ4v) is 4.31. The van der Waals surface area contributed by atoms with E-state index < -0.39 is 0 Å². The first-order valence-electron chi connectivity index (χ1n) is 10.1. The zero-order valence-electron chi connectivity index (χ0n) is 17.6. The van der Waals surface area contributed by atoms with E-state index in [9.17, 15) is 0 Å². The molecule has 5 nitrogen and oxygen atoms in total.